The van der Waals surface area contributed by atoms with Gasteiger partial charge in [0.05, 0.1) is 11.4 Å². The van der Waals surface area contributed by atoms with E-state index in [-0.39, 0.29) is 22.9 Å². The number of nitrogens with one attached hydrogen (secondary N) is 1. The highest BCUT2D eigenvalue weighted by molar-refractivity contribution is 5.93. The second-order valence-electron chi connectivity index (χ2n) is 5.75. The highest BCUT2D eigenvalue weighted by atomic mass is 19.1. The molecule has 1 rings (SSSR count). The van der Waals surface area contributed by atoms with Gasteiger partial charge in [0.25, 0.3) is 0 Å². The molecule has 1 aromatic rings. The quantitative estimate of drug-likeness (QED) is 0.810. The molecule has 18 heavy (non-hydrogen) atoms. The van der Waals surface area contributed by atoms with Gasteiger partial charge in [-0.3, -0.25) is 4.79 Å². The first-order valence-electron chi connectivity index (χ1n) is 6.05. The van der Waals surface area contributed by atoms with Gasteiger partial charge < -0.3 is 11.1 Å². The van der Waals surface area contributed by atoms with Gasteiger partial charge in [0, 0.05) is 6.42 Å². The fourth-order valence-corrected chi connectivity index (χ4v) is 1.43. The van der Waals surface area contributed by atoms with E-state index >= 15 is 0 Å². The van der Waals surface area contributed by atoms with Crippen molar-refractivity contribution in [3.63, 3.8) is 0 Å². The molecule has 0 saturated heterocycles. The molecule has 3 N–H and O–H groups in total. The second kappa shape index (κ2) is 5.38. The molecule has 0 radical (unpaired) electrons. The Morgan fingerprint density at radius 3 is 2.56 bits per heavy atom. The van der Waals surface area contributed by atoms with Crippen LogP contribution < -0.4 is 11.1 Å². The normalized spacial score (nSPS) is 13.2. The molecular formula is C14H21FN2O. The van der Waals surface area contributed by atoms with E-state index in [1.165, 1.54) is 18.2 Å². The molecule has 0 aliphatic heterocycles. The molecule has 1 amide bonds. The van der Waals surface area contributed by atoms with Crippen molar-refractivity contribution in [3.05, 3.63) is 24.0 Å². The Balaban J connectivity index is 2.65. The molecule has 0 saturated carbocycles. The summed E-state index contributed by atoms with van der Waals surface area (Å²) in [6.07, 6.45) is 0.417. The monoisotopic (exact) mass is 252 g/mol. The van der Waals surface area contributed by atoms with E-state index in [2.05, 4.69) is 26.1 Å². The van der Waals surface area contributed by atoms with E-state index in [4.69, 9.17) is 5.73 Å². The van der Waals surface area contributed by atoms with Crippen molar-refractivity contribution in [1.29, 1.82) is 0 Å². The van der Waals surface area contributed by atoms with Crippen molar-refractivity contribution in [2.75, 3.05) is 11.1 Å². The molecule has 4 heteroatoms. The van der Waals surface area contributed by atoms with Gasteiger partial charge in [-0.1, -0.05) is 27.7 Å². The smallest absolute Gasteiger partial charge is 0.224 e. The zero-order chi connectivity index (χ0) is 13.9. The number of rotatable bonds is 3. The van der Waals surface area contributed by atoms with Crippen molar-refractivity contribution < 1.29 is 9.18 Å². The summed E-state index contributed by atoms with van der Waals surface area (Å²) in [5.74, 6) is -0.261. The molecule has 1 atom stereocenters. The van der Waals surface area contributed by atoms with Crippen LogP contribution in [0.3, 0.4) is 0 Å². The van der Waals surface area contributed by atoms with E-state index in [1.807, 2.05) is 6.92 Å². The lowest BCUT2D eigenvalue weighted by Crippen LogP contribution is -2.24. The number of hydrogen-bond acceptors (Lipinski definition) is 2. The van der Waals surface area contributed by atoms with Crippen molar-refractivity contribution in [2.45, 2.75) is 34.1 Å². The number of nitrogens with two attached hydrogens (primary N) is 1. The van der Waals surface area contributed by atoms with E-state index in [1.54, 1.807) is 0 Å². The zero-order valence-corrected chi connectivity index (χ0v) is 11.4. The summed E-state index contributed by atoms with van der Waals surface area (Å²) in [7, 11) is 0. The maximum Gasteiger partial charge on any atom is 0.224 e. The van der Waals surface area contributed by atoms with Gasteiger partial charge >= 0.3 is 0 Å². The second-order valence-corrected chi connectivity index (χ2v) is 5.75. The first-order chi connectivity index (χ1) is 8.20. The minimum absolute atomic E-state index is 0.0751. The molecule has 0 fully saturated rings. The van der Waals surface area contributed by atoms with Crippen LogP contribution in [0.1, 0.15) is 34.1 Å². The first kappa shape index (κ1) is 14.5. The fourth-order valence-electron chi connectivity index (χ4n) is 1.43. The Bertz CT molecular complexity index is 438. The highest BCUT2D eigenvalue weighted by Gasteiger charge is 2.22. The molecule has 0 aliphatic rings. The highest BCUT2D eigenvalue weighted by Crippen LogP contribution is 2.28. The molecule has 0 spiro atoms. The molecule has 1 unspecified atom stereocenters. The van der Waals surface area contributed by atoms with E-state index < -0.39 is 5.82 Å². The third-order valence-electron chi connectivity index (χ3n) is 3.26. The summed E-state index contributed by atoms with van der Waals surface area (Å²) in [5, 5.41) is 2.71. The topological polar surface area (TPSA) is 55.1 Å². The summed E-state index contributed by atoms with van der Waals surface area (Å²) in [5.41, 5.74) is 6.41. The van der Waals surface area contributed by atoms with Crippen LogP contribution in [-0.2, 0) is 4.79 Å². The van der Waals surface area contributed by atoms with E-state index in [0.717, 1.165) is 0 Å². The van der Waals surface area contributed by atoms with Crippen LogP contribution in [0, 0.1) is 17.2 Å². The Morgan fingerprint density at radius 1 is 1.44 bits per heavy atom. The van der Waals surface area contributed by atoms with Crippen LogP contribution in [0.25, 0.3) is 0 Å². The van der Waals surface area contributed by atoms with Gasteiger partial charge in [0.15, 0.2) is 0 Å². The number of amides is 1. The summed E-state index contributed by atoms with van der Waals surface area (Å²) in [4.78, 5) is 11.8. The summed E-state index contributed by atoms with van der Waals surface area (Å²) in [6, 6.07) is 3.95. The average molecular weight is 252 g/mol. The molecule has 0 heterocycles. The molecule has 3 nitrogen and oxygen atoms in total. The third kappa shape index (κ3) is 4.02. The lowest BCUT2D eigenvalue weighted by Gasteiger charge is -2.26. The summed E-state index contributed by atoms with van der Waals surface area (Å²) in [6.45, 7) is 8.32. The predicted octanol–water partition coefficient (Wildman–Crippen LogP) is 3.42. The Kier molecular flexibility index (Phi) is 4.33. The number of hydrogen-bond donors (Lipinski definition) is 2. The molecule has 0 aliphatic carbocycles. The average Bonchev–Trinajstić information content (AvgIpc) is 2.20. The van der Waals surface area contributed by atoms with Crippen molar-refractivity contribution in [1.82, 2.24) is 0 Å². The maximum absolute atomic E-state index is 12.9. The Labute approximate surface area is 108 Å². The maximum atomic E-state index is 12.9. The van der Waals surface area contributed by atoms with Crippen molar-refractivity contribution >= 4 is 17.3 Å². The lowest BCUT2D eigenvalue weighted by molar-refractivity contribution is -0.117. The third-order valence-corrected chi connectivity index (χ3v) is 3.26. The fraction of sp³-hybridized carbons (Fsp3) is 0.500. The van der Waals surface area contributed by atoms with Gasteiger partial charge in [-0.15, -0.1) is 0 Å². The van der Waals surface area contributed by atoms with Gasteiger partial charge in [-0.05, 0) is 29.5 Å². The Morgan fingerprint density at radius 2 is 2.06 bits per heavy atom. The van der Waals surface area contributed by atoms with Crippen LogP contribution in [0.5, 0.6) is 0 Å². The molecule has 1 aromatic carbocycles. The lowest BCUT2D eigenvalue weighted by atomic mass is 9.80. The van der Waals surface area contributed by atoms with Gasteiger partial charge in [0.2, 0.25) is 5.91 Å². The minimum atomic E-state index is -0.409. The number of nitrogen functional groups attached to an aromatic ring is 1. The minimum Gasteiger partial charge on any atom is -0.397 e. The van der Waals surface area contributed by atoms with Crippen molar-refractivity contribution in [2.24, 2.45) is 11.3 Å². The summed E-state index contributed by atoms with van der Waals surface area (Å²) >= 11 is 0. The van der Waals surface area contributed by atoms with Crippen LogP contribution >= 0.6 is 0 Å². The van der Waals surface area contributed by atoms with E-state index in [0.29, 0.717) is 12.1 Å². The van der Waals surface area contributed by atoms with Gasteiger partial charge in [-0.2, -0.15) is 0 Å². The molecule has 0 aromatic heterocycles. The van der Waals surface area contributed by atoms with Crippen LogP contribution in [-0.4, -0.2) is 5.91 Å². The molecular weight excluding hydrogens is 231 g/mol. The van der Waals surface area contributed by atoms with Crippen LogP contribution in [0.4, 0.5) is 15.8 Å². The van der Waals surface area contributed by atoms with Gasteiger partial charge in [-0.25, -0.2) is 4.39 Å². The zero-order valence-electron chi connectivity index (χ0n) is 11.4. The van der Waals surface area contributed by atoms with Crippen LogP contribution in [0.15, 0.2) is 18.2 Å². The largest absolute Gasteiger partial charge is 0.397 e. The number of benzene rings is 1. The van der Waals surface area contributed by atoms with Crippen LogP contribution in [0.2, 0.25) is 0 Å². The predicted molar refractivity (Wildman–Crippen MR) is 72.7 cm³/mol. The molecule has 100 valence electrons. The number of halogens is 1. The number of carbonyl (C=O) groups is 1. The first-order valence-corrected chi connectivity index (χ1v) is 6.05. The standard InChI is InChI=1S/C14H21FN2O/c1-9(14(2,3)4)7-13(18)17-12-6-5-10(15)8-11(12)16/h5-6,8-9H,7,16H2,1-4H3,(H,17,18). The SMILES string of the molecule is CC(CC(=O)Nc1ccc(F)cc1N)C(C)(C)C. The van der Waals surface area contributed by atoms with Crippen molar-refractivity contribution in [3.8, 4) is 0 Å². The molecule has 0 bridgehead atoms. The van der Waals surface area contributed by atoms with Gasteiger partial charge in [0.1, 0.15) is 5.82 Å². The Hall–Kier alpha value is -1.58. The number of carbonyl (C=O) groups excluding carboxylic acids is 1. The number of anilines is 2. The van der Waals surface area contributed by atoms with E-state index in [9.17, 15) is 9.18 Å². The summed E-state index contributed by atoms with van der Waals surface area (Å²) < 4.78 is 12.9.